The molecule has 1 aromatic rings. The molecule has 0 saturated carbocycles. The molecular weight excluding hydrogens is 306 g/mol. The summed E-state index contributed by atoms with van der Waals surface area (Å²) < 4.78 is 25.3. The number of carboxylic acids is 1. The van der Waals surface area contributed by atoms with Crippen molar-refractivity contribution < 1.29 is 18.3 Å². The van der Waals surface area contributed by atoms with E-state index in [1.54, 1.807) is 6.07 Å². The molecule has 0 aromatic carbocycles. The Kier molecular flexibility index (Phi) is 4.26. The number of sulfonamides is 1. The van der Waals surface area contributed by atoms with Crippen LogP contribution in [0.1, 0.15) is 4.88 Å². The topological polar surface area (TPSA) is 83.5 Å². The van der Waals surface area contributed by atoms with Crippen molar-refractivity contribution in [2.45, 2.75) is 6.54 Å². The molecule has 0 aliphatic rings. The number of carboxylic acid groups (broad SMARTS) is 1. The molecule has 0 aliphatic heterocycles. The molecule has 0 unspecified atom stereocenters. The Morgan fingerprint density at radius 2 is 2.27 bits per heavy atom. The molecule has 0 spiro atoms. The van der Waals surface area contributed by atoms with Gasteiger partial charge in [0.2, 0.25) is 10.0 Å². The fraction of sp³-hybridized carbons (Fsp3) is 0.286. The number of halogens is 1. The van der Waals surface area contributed by atoms with Gasteiger partial charge in [-0.25, -0.2) is 13.1 Å². The van der Waals surface area contributed by atoms with Crippen LogP contribution < -0.4 is 4.72 Å². The summed E-state index contributed by atoms with van der Waals surface area (Å²) in [4.78, 5) is 11.0. The van der Waals surface area contributed by atoms with Crippen molar-refractivity contribution in [1.82, 2.24) is 4.72 Å². The Labute approximate surface area is 99.3 Å². The molecule has 0 fully saturated rings. The van der Waals surface area contributed by atoms with Crippen molar-refractivity contribution >= 4 is 43.3 Å². The number of nitrogens with one attached hydrogen (secondary N) is 1. The Bertz CT molecular complexity index is 453. The smallest absolute Gasteiger partial charge is 0.320 e. The summed E-state index contributed by atoms with van der Waals surface area (Å²) in [6, 6.07) is 1.77. The van der Waals surface area contributed by atoms with Gasteiger partial charge in [-0.05, 0) is 22.0 Å². The van der Waals surface area contributed by atoms with Gasteiger partial charge in [0.1, 0.15) is 0 Å². The van der Waals surface area contributed by atoms with Crippen molar-refractivity contribution in [3.63, 3.8) is 0 Å². The largest absolute Gasteiger partial charge is 0.480 e. The van der Waals surface area contributed by atoms with Crippen LogP contribution in [0.15, 0.2) is 15.9 Å². The van der Waals surface area contributed by atoms with E-state index in [0.717, 1.165) is 9.35 Å². The summed E-state index contributed by atoms with van der Waals surface area (Å²) in [6.07, 6.45) is 0. The second-order valence-corrected chi connectivity index (χ2v) is 6.42. The van der Waals surface area contributed by atoms with Crippen LogP contribution in [0, 0.1) is 0 Å². The van der Waals surface area contributed by atoms with E-state index in [1.165, 1.54) is 11.3 Å². The summed E-state index contributed by atoms with van der Waals surface area (Å²) in [7, 11) is -3.73. The summed E-state index contributed by atoms with van der Waals surface area (Å²) in [5.41, 5.74) is 0. The van der Waals surface area contributed by atoms with Crippen LogP contribution in [-0.2, 0) is 21.4 Å². The Morgan fingerprint density at radius 3 is 2.73 bits per heavy atom. The van der Waals surface area contributed by atoms with Crippen LogP contribution in [0.2, 0.25) is 0 Å². The van der Waals surface area contributed by atoms with Gasteiger partial charge in [-0.2, -0.15) is 0 Å². The normalized spacial score (nSPS) is 11.5. The van der Waals surface area contributed by atoms with Gasteiger partial charge in [0.05, 0.1) is 0 Å². The molecule has 15 heavy (non-hydrogen) atoms. The number of thiophene rings is 1. The molecule has 0 amide bonds. The zero-order chi connectivity index (χ0) is 11.5. The quantitative estimate of drug-likeness (QED) is 0.850. The highest BCUT2D eigenvalue weighted by Gasteiger charge is 2.15. The Morgan fingerprint density at radius 1 is 1.60 bits per heavy atom. The third-order valence-corrected chi connectivity index (χ3v) is 4.31. The fourth-order valence-corrected chi connectivity index (χ4v) is 3.13. The standard InChI is InChI=1S/C7H8BrNO4S2/c8-5-1-6(14-3-5)2-9-15(12,13)4-7(10)11/h1,3,9H,2,4H2,(H,10,11). The van der Waals surface area contributed by atoms with E-state index < -0.39 is 21.7 Å². The van der Waals surface area contributed by atoms with Crippen LogP contribution in [0.25, 0.3) is 0 Å². The van der Waals surface area contributed by atoms with E-state index in [-0.39, 0.29) is 6.54 Å². The maximum absolute atomic E-state index is 11.1. The van der Waals surface area contributed by atoms with Crippen molar-refractivity contribution in [3.05, 3.63) is 20.8 Å². The molecule has 0 radical (unpaired) electrons. The number of aliphatic carboxylic acids is 1. The lowest BCUT2D eigenvalue weighted by molar-refractivity contribution is -0.134. The molecule has 8 heteroatoms. The molecule has 2 N–H and O–H groups in total. The number of hydrogen-bond acceptors (Lipinski definition) is 4. The average molecular weight is 314 g/mol. The lowest BCUT2D eigenvalue weighted by Crippen LogP contribution is -2.29. The van der Waals surface area contributed by atoms with Gasteiger partial charge in [-0.1, -0.05) is 0 Å². The SMILES string of the molecule is O=C(O)CS(=O)(=O)NCc1cc(Br)cs1. The molecule has 0 aliphatic carbocycles. The van der Waals surface area contributed by atoms with Gasteiger partial charge < -0.3 is 5.11 Å². The Balaban J connectivity index is 2.53. The molecule has 5 nitrogen and oxygen atoms in total. The molecular formula is C7H8BrNO4S2. The van der Waals surface area contributed by atoms with Crippen molar-refractivity contribution in [3.8, 4) is 0 Å². The number of hydrogen-bond donors (Lipinski definition) is 2. The zero-order valence-corrected chi connectivity index (χ0v) is 10.7. The minimum atomic E-state index is -3.73. The number of carbonyl (C=O) groups is 1. The highest BCUT2D eigenvalue weighted by molar-refractivity contribution is 9.10. The lowest BCUT2D eigenvalue weighted by Gasteiger charge is -2.01. The second-order valence-electron chi connectivity index (χ2n) is 2.71. The van der Waals surface area contributed by atoms with E-state index in [2.05, 4.69) is 20.7 Å². The van der Waals surface area contributed by atoms with Gasteiger partial charge in [0.25, 0.3) is 0 Å². The third-order valence-electron chi connectivity index (χ3n) is 1.40. The van der Waals surface area contributed by atoms with Crippen molar-refractivity contribution in [2.24, 2.45) is 0 Å². The van der Waals surface area contributed by atoms with Gasteiger partial charge in [-0.15, -0.1) is 11.3 Å². The third kappa shape index (κ3) is 4.74. The minimum Gasteiger partial charge on any atom is -0.480 e. The predicted molar refractivity (Wildman–Crippen MR) is 60.3 cm³/mol. The van der Waals surface area contributed by atoms with E-state index in [1.807, 2.05) is 5.38 Å². The van der Waals surface area contributed by atoms with Crippen LogP contribution >= 0.6 is 27.3 Å². The van der Waals surface area contributed by atoms with Crippen molar-refractivity contribution in [2.75, 3.05) is 5.75 Å². The minimum absolute atomic E-state index is 0.117. The molecule has 0 bridgehead atoms. The molecule has 84 valence electrons. The average Bonchev–Trinajstić information content (AvgIpc) is 2.46. The van der Waals surface area contributed by atoms with Gasteiger partial charge >= 0.3 is 5.97 Å². The van der Waals surface area contributed by atoms with Gasteiger partial charge in [0.15, 0.2) is 5.75 Å². The van der Waals surface area contributed by atoms with Crippen molar-refractivity contribution in [1.29, 1.82) is 0 Å². The first-order valence-electron chi connectivity index (χ1n) is 3.81. The maximum Gasteiger partial charge on any atom is 0.320 e. The fourth-order valence-electron chi connectivity index (χ4n) is 0.841. The highest BCUT2D eigenvalue weighted by Crippen LogP contribution is 2.19. The first-order valence-corrected chi connectivity index (χ1v) is 7.13. The molecule has 1 rings (SSSR count). The Hall–Kier alpha value is -0.440. The van der Waals surface area contributed by atoms with Gasteiger partial charge in [0, 0.05) is 21.3 Å². The first-order chi connectivity index (χ1) is 6.89. The molecule has 0 atom stereocenters. The molecule has 1 heterocycles. The van der Waals surface area contributed by atoms with E-state index in [9.17, 15) is 13.2 Å². The highest BCUT2D eigenvalue weighted by atomic mass is 79.9. The second kappa shape index (κ2) is 5.06. The maximum atomic E-state index is 11.1. The summed E-state index contributed by atoms with van der Waals surface area (Å²) in [6.45, 7) is 0.117. The summed E-state index contributed by atoms with van der Waals surface area (Å²) >= 11 is 4.62. The van der Waals surface area contributed by atoms with E-state index in [0.29, 0.717) is 0 Å². The number of rotatable bonds is 5. The predicted octanol–water partition coefficient (Wildman–Crippen LogP) is 1.01. The monoisotopic (exact) mass is 313 g/mol. The molecule has 1 aromatic heterocycles. The van der Waals surface area contributed by atoms with Crippen LogP contribution in [0.4, 0.5) is 0 Å². The van der Waals surface area contributed by atoms with E-state index >= 15 is 0 Å². The lowest BCUT2D eigenvalue weighted by atomic mass is 10.5. The van der Waals surface area contributed by atoms with E-state index in [4.69, 9.17) is 5.11 Å². The first kappa shape index (κ1) is 12.6. The van der Waals surface area contributed by atoms with Gasteiger partial charge in [-0.3, -0.25) is 4.79 Å². The summed E-state index contributed by atoms with van der Waals surface area (Å²) in [5, 5.41) is 10.1. The zero-order valence-electron chi connectivity index (χ0n) is 7.44. The van der Waals surface area contributed by atoms with Crippen LogP contribution in [-0.4, -0.2) is 25.2 Å². The summed E-state index contributed by atoms with van der Waals surface area (Å²) in [5.74, 6) is -2.27. The van der Waals surface area contributed by atoms with Crippen LogP contribution in [0.3, 0.4) is 0 Å². The molecule has 0 saturated heterocycles. The van der Waals surface area contributed by atoms with Crippen LogP contribution in [0.5, 0.6) is 0 Å².